The number of likely N-dealkylation sites (tertiary alicyclic amines) is 1. The Morgan fingerprint density at radius 3 is 2.09 bits per heavy atom. The molecule has 0 N–H and O–H groups in total. The molecule has 3 unspecified atom stereocenters. The zero-order valence-corrected chi connectivity index (χ0v) is 14.0. The van der Waals surface area contributed by atoms with Gasteiger partial charge in [-0.1, -0.05) is 74.0 Å². The number of nitrogens with zero attached hydrogens (tertiary/aromatic N) is 1. The molecule has 0 spiro atoms. The maximum atomic E-state index is 12.9. The lowest BCUT2D eigenvalue weighted by Gasteiger charge is -2.44. The summed E-state index contributed by atoms with van der Waals surface area (Å²) in [5, 5.41) is 0. The molecule has 0 aliphatic carbocycles. The Hall–Kier alpha value is -1.93. The van der Waals surface area contributed by atoms with E-state index in [1.807, 2.05) is 12.1 Å². The summed E-state index contributed by atoms with van der Waals surface area (Å²) in [6, 6.07) is 21.3. The second kappa shape index (κ2) is 7.10. The molecule has 0 radical (unpaired) electrons. The van der Waals surface area contributed by atoms with Crippen molar-refractivity contribution in [3.8, 4) is 0 Å². The minimum atomic E-state index is 0.104. The van der Waals surface area contributed by atoms with Gasteiger partial charge in [-0.2, -0.15) is 0 Å². The highest BCUT2D eigenvalue weighted by atomic mass is 16.1. The van der Waals surface area contributed by atoms with E-state index in [1.54, 1.807) is 0 Å². The van der Waals surface area contributed by atoms with Crippen LogP contribution in [0.3, 0.4) is 0 Å². The van der Waals surface area contributed by atoms with Crippen LogP contribution in [0.25, 0.3) is 0 Å². The van der Waals surface area contributed by atoms with Crippen molar-refractivity contribution in [2.24, 2.45) is 5.92 Å². The Morgan fingerprint density at radius 2 is 1.52 bits per heavy atom. The smallest absolute Gasteiger partial charge is 0.139 e. The minimum Gasteiger partial charge on any atom is -0.299 e. The second-order valence-corrected chi connectivity index (χ2v) is 6.51. The molecule has 0 aromatic heterocycles. The highest BCUT2D eigenvalue weighted by Crippen LogP contribution is 2.43. The molecule has 1 saturated heterocycles. The van der Waals surface area contributed by atoms with Gasteiger partial charge < -0.3 is 0 Å². The number of piperidine rings is 1. The first-order valence-corrected chi connectivity index (χ1v) is 8.57. The first-order chi connectivity index (χ1) is 11.2. The van der Waals surface area contributed by atoms with E-state index in [1.165, 1.54) is 11.1 Å². The van der Waals surface area contributed by atoms with E-state index in [0.29, 0.717) is 12.2 Å². The lowest BCUT2D eigenvalue weighted by atomic mass is 9.77. The number of benzene rings is 2. The van der Waals surface area contributed by atoms with E-state index in [0.717, 1.165) is 12.8 Å². The van der Waals surface area contributed by atoms with E-state index in [2.05, 4.69) is 67.4 Å². The fraction of sp³-hybridized carbons (Fsp3) is 0.381. The monoisotopic (exact) mass is 307 g/mol. The van der Waals surface area contributed by atoms with Crippen LogP contribution in [0.5, 0.6) is 0 Å². The third-order valence-corrected chi connectivity index (χ3v) is 5.04. The number of rotatable bonds is 4. The van der Waals surface area contributed by atoms with E-state index < -0.39 is 0 Å². The fourth-order valence-electron chi connectivity index (χ4n) is 3.92. The molecule has 120 valence electrons. The number of carbonyl (C=O) groups is 1. The minimum absolute atomic E-state index is 0.104. The molecule has 1 aliphatic heterocycles. The number of carbonyl (C=O) groups excluding carboxylic acids is 1. The molecular formula is C21H25NO. The predicted octanol–water partition coefficient (Wildman–Crippen LogP) is 4.79. The summed E-state index contributed by atoms with van der Waals surface area (Å²) < 4.78 is 0. The fourth-order valence-corrected chi connectivity index (χ4v) is 3.92. The normalized spacial score (nSPS) is 25.5. The SMILES string of the molecule is CCCC1C(=O)CC(c2ccccc2)N(C)C1c1ccccc1. The molecule has 3 rings (SSSR count). The van der Waals surface area contributed by atoms with Gasteiger partial charge >= 0.3 is 0 Å². The first kappa shape index (κ1) is 15.9. The van der Waals surface area contributed by atoms with Crippen molar-refractivity contribution >= 4 is 5.78 Å². The number of ketones is 1. The maximum Gasteiger partial charge on any atom is 0.139 e. The van der Waals surface area contributed by atoms with Crippen molar-refractivity contribution in [3.63, 3.8) is 0 Å². The molecule has 2 heteroatoms. The van der Waals surface area contributed by atoms with Crippen molar-refractivity contribution in [3.05, 3.63) is 71.8 Å². The molecule has 1 fully saturated rings. The van der Waals surface area contributed by atoms with Crippen LogP contribution in [-0.2, 0) is 4.79 Å². The lowest BCUT2D eigenvalue weighted by molar-refractivity contribution is -0.132. The highest BCUT2D eigenvalue weighted by Gasteiger charge is 2.41. The lowest BCUT2D eigenvalue weighted by Crippen LogP contribution is -2.43. The van der Waals surface area contributed by atoms with Crippen LogP contribution in [0.2, 0.25) is 0 Å². The van der Waals surface area contributed by atoms with Gasteiger partial charge in [0.15, 0.2) is 0 Å². The average molecular weight is 307 g/mol. The summed E-state index contributed by atoms with van der Waals surface area (Å²) in [7, 11) is 2.17. The van der Waals surface area contributed by atoms with Gasteiger partial charge in [0.05, 0.1) is 0 Å². The maximum absolute atomic E-state index is 12.9. The van der Waals surface area contributed by atoms with Gasteiger partial charge in [0.1, 0.15) is 5.78 Å². The molecule has 23 heavy (non-hydrogen) atoms. The molecular weight excluding hydrogens is 282 g/mol. The quantitative estimate of drug-likeness (QED) is 0.809. The molecule has 3 atom stereocenters. The first-order valence-electron chi connectivity index (χ1n) is 8.57. The Balaban J connectivity index is 1.98. The van der Waals surface area contributed by atoms with Crippen molar-refractivity contribution < 1.29 is 4.79 Å². The predicted molar refractivity (Wildman–Crippen MR) is 94.2 cm³/mol. The van der Waals surface area contributed by atoms with E-state index in [4.69, 9.17) is 0 Å². The van der Waals surface area contributed by atoms with Crippen LogP contribution < -0.4 is 0 Å². The molecule has 0 saturated carbocycles. The molecule has 2 aromatic carbocycles. The average Bonchev–Trinajstić information content (AvgIpc) is 2.60. The van der Waals surface area contributed by atoms with Crippen LogP contribution in [-0.4, -0.2) is 17.7 Å². The third kappa shape index (κ3) is 3.23. The van der Waals surface area contributed by atoms with Crippen LogP contribution >= 0.6 is 0 Å². The van der Waals surface area contributed by atoms with E-state index in [-0.39, 0.29) is 18.0 Å². The second-order valence-electron chi connectivity index (χ2n) is 6.51. The Bertz CT molecular complexity index is 637. The van der Waals surface area contributed by atoms with Crippen molar-refractivity contribution in [2.75, 3.05) is 7.05 Å². The highest BCUT2D eigenvalue weighted by molar-refractivity contribution is 5.83. The molecule has 2 aromatic rings. The van der Waals surface area contributed by atoms with Crippen LogP contribution in [0.1, 0.15) is 49.4 Å². The van der Waals surface area contributed by atoms with Crippen molar-refractivity contribution in [2.45, 2.75) is 38.3 Å². The molecule has 0 amide bonds. The van der Waals surface area contributed by atoms with Gasteiger partial charge in [-0.3, -0.25) is 9.69 Å². The van der Waals surface area contributed by atoms with Crippen molar-refractivity contribution in [1.82, 2.24) is 4.90 Å². The summed E-state index contributed by atoms with van der Waals surface area (Å²) in [4.78, 5) is 15.3. The van der Waals surface area contributed by atoms with Crippen LogP contribution in [0.4, 0.5) is 0 Å². The topological polar surface area (TPSA) is 20.3 Å². The summed E-state index contributed by atoms with van der Waals surface area (Å²) in [5.74, 6) is 0.514. The summed E-state index contributed by atoms with van der Waals surface area (Å²) in [5.41, 5.74) is 2.49. The summed E-state index contributed by atoms with van der Waals surface area (Å²) >= 11 is 0. The number of hydrogen-bond acceptors (Lipinski definition) is 2. The van der Waals surface area contributed by atoms with Crippen LogP contribution in [0, 0.1) is 5.92 Å². The van der Waals surface area contributed by atoms with Gasteiger partial charge in [-0.05, 0) is 24.6 Å². The van der Waals surface area contributed by atoms with E-state index in [9.17, 15) is 4.79 Å². The van der Waals surface area contributed by atoms with Gasteiger partial charge in [0, 0.05) is 24.4 Å². The zero-order chi connectivity index (χ0) is 16.2. The van der Waals surface area contributed by atoms with Gasteiger partial charge in [0.2, 0.25) is 0 Å². The number of hydrogen-bond donors (Lipinski definition) is 0. The Labute approximate surface area is 139 Å². The van der Waals surface area contributed by atoms with Crippen LogP contribution in [0.15, 0.2) is 60.7 Å². The molecule has 1 aliphatic rings. The molecule has 0 bridgehead atoms. The summed E-state index contributed by atoms with van der Waals surface area (Å²) in [6.45, 7) is 2.17. The van der Waals surface area contributed by atoms with E-state index >= 15 is 0 Å². The standard InChI is InChI=1S/C21H25NO/c1-3-10-18-20(23)15-19(16-11-6-4-7-12-16)22(2)21(18)17-13-8-5-9-14-17/h4-9,11-14,18-19,21H,3,10,15H2,1-2H3. The molecule has 1 heterocycles. The van der Waals surface area contributed by atoms with Gasteiger partial charge in [0.25, 0.3) is 0 Å². The Kier molecular flexibility index (Phi) is 4.92. The Morgan fingerprint density at radius 1 is 0.957 bits per heavy atom. The third-order valence-electron chi connectivity index (χ3n) is 5.04. The van der Waals surface area contributed by atoms with Gasteiger partial charge in [-0.15, -0.1) is 0 Å². The van der Waals surface area contributed by atoms with Crippen molar-refractivity contribution in [1.29, 1.82) is 0 Å². The van der Waals surface area contributed by atoms with Gasteiger partial charge in [-0.25, -0.2) is 0 Å². The summed E-state index contributed by atoms with van der Waals surface area (Å²) in [6.07, 6.45) is 2.63. The number of Topliss-reactive ketones (excluding diaryl/α,β-unsaturated/α-hetero) is 1. The largest absolute Gasteiger partial charge is 0.299 e. The molecule has 2 nitrogen and oxygen atoms in total. The zero-order valence-electron chi connectivity index (χ0n) is 14.0.